The third kappa shape index (κ3) is 3.72. The third-order valence-electron chi connectivity index (χ3n) is 2.03. The zero-order valence-electron chi connectivity index (χ0n) is 8.79. The van der Waals surface area contributed by atoms with Gasteiger partial charge in [-0.15, -0.1) is 11.8 Å². The van der Waals surface area contributed by atoms with Crippen molar-refractivity contribution in [1.82, 2.24) is 0 Å². The van der Waals surface area contributed by atoms with Gasteiger partial charge in [0.15, 0.2) is 0 Å². The highest BCUT2D eigenvalue weighted by atomic mass is 32.2. The number of aliphatic hydroxyl groups is 1. The van der Waals surface area contributed by atoms with Gasteiger partial charge < -0.3 is 5.11 Å². The van der Waals surface area contributed by atoms with Crippen LogP contribution >= 0.6 is 11.8 Å². The fraction of sp³-hybridized carbons (Fsp3) is 0.455. The molecule has 0 fully saturated rings. The van der Waals surface area contributed by atoms with Crippen molar-refractivity contribution in [2.45, 2.75) is 18.0 Å². The predicted octanol–water partition coefficient (Wildman–Crippen LogP) is 3.43. The van der Waals surface area contributed by atoms with E-state index in [-0.39, 0.29) is 17.4 Å². The average molecular weight is 250 g/mol. The summed E-state index contributed by atoms with van der Waals surface area (Å²) in [4.78, 5) is 0.218. The van der Waals surface area contributed by atoms with Crippen LogP contribution in [0.1, 0.15) is 12.5 Å². The Morgan fingerprint density at radius 1 is 1.31 bits per heavy atom. The van der Waals surface area contributed by atoms with Crippen LogP contribution < -0.4 is 0 Å². The Hall–Kier alpha value is -0.680. The van der Waals surface area contributed by atoms with Crippen molar-refractivity contribution in [3.8, 4) is 0 Å². The van der Waals surface area contributed by atoms with Crippen LogP contribution in [-0.2, 0) is 6.18 Å². The Morgan fingerprint density at radius 3 is 2.50 bits per heavy atom. The number of rotatable bonds is 4. The lowest BCUT2D eigenvalue weighted by atomic mass is 10.2. The van der Waals surface area contributed by atoms with Crippen LogP contribution in [0, 0.1) is 5.92 Å². The number of hydrogen-bond acceptors (Lipinski definition) is 2. The molecular formula is C11H13F3OS. The molecule has 0 aliphatic heterocycles. The van der Waals surface area contributed by atoms with Gasteiger partial charge in [0.2, 0.25) is 0 Å². The van der Waals surface area contributed by atoms with Crippen molar-refractivity contribution < 1.29 is 18.3 Å². The maximum absolute atomic E-state index is 12.6. The van der Waals surface area contributed by atoms with Crippen molar-refractivity contribution >= 4 is 11.8 Å². The Kier molecular flexibility index (Phi) is 4.68. The smallest absolute Gasteiger partial charge is 0.396 e. The molecule has 1 aromatic carbocycles. The molecular weight excluding hydrogens is 237 g/mol. The van der Waals surface area contributed by atoms with Gasteiger partial charge in [-0.05, 0) is 18.1 Å². The Bertz CT molecular complexity index is 338. The number of alkyl halides is 3. The summed E-state index contributed by atoms with van der Waals surface area (Å²) in [6.07, 6.45) is -4.31. The van der Waals surface area contributed by atoms with Crippen molar-refractivity contribution in [2.24, 2.45) is 5.92 Å². The molecule has 0 saturated heterocycles. The molecule has 0 aliphatic rings. The predicted molar refractivity (Wildman–Crippen MR) is 58.4 cm³/mol. The first-order valence-corrected chi connectivity index (χ1v) is 5.83. The molecule has 0 spiro atoms. The second-order valence-electron chi connectivity index (χ2n) is 3.59. The van der Waals surface area contributed by atoms with Crippen molar-refractivity contribution in [3.05, 3.63) is 29.8 Å². The summed E-state index contributed by atoms with van der Waals surface area (Å²) in [7, 11) is 0. The fourth-order valence-electron chi connectivity index (χ4n) is 1.11. The monoisotopic (exact) mass is 250 g/mol. The van der Waals surface area contributed by atoms with Crippen molar-refractivity contribution in [3.63, 3.8) is 0 Å². The topological polar surface area (TPSA) is 20.2 Å². The van der Waals surface area contributed by atoms with E-state index in [4.69, 9.17) is 5.11 Å². The van der Waals surface area contributed by atoms with Crippen LogP contribution in [0.3, 0.4) is 0 Å². The molecule has 0 radical (unpaired) electrons. The number of aliphatic hydroxyl groups excluding tert-OH is 1. The van der Waals surface area contributed by atoms with Crippen LogP contribution in [0.2, 0.25) is 0 Å². The molecule has 0 bridgehead atoms. The van der Waals surface area contributed by atoms with E-state index < -0.39 is 11.7 Å². The average Bonchev–Trinajstić information content (AvgIpc) is 2.25. The van der Waals surface area contributed by atoms with Gasteiger partial charge in [0, 0.05) is 17.3 Å². The van der Waals surface area contributed by atoms with Gasteiger partial charge in [0.25, 0.3) is 0 Å². The molecule has 0 aliphatic carbocycles. The number of thioether (sulfide) groups is 1. The molecule has 1 rings (SSSR count). The highest BCUT2D eigenvalue weighted by Crippen LogP contribution is 2.36. The van der Waals surface area contributed by atoms with Crippen LogP contribution in [0.15, 0.2) is 29.2 Å². The fourth-order valence-corrected chi connectivity index (χ4v) is 2.19. The van der Waals surface area contributed by atoms with E-state index in [2.05, 4.69) is 0 Å². The molecule has 0 amide bonds. The maximum Gasteiger partial charge on any atom is 0.417 e. The lowest BCUT2D eigenvalue weighted by Crippen LogP contribution is -2.08. The molecule has 0 heterocycles. The van der Waals surface area contributed by atoms with Gasteiger partial charge in [-0.3, -0.25) is 0 Å². The normalized spacial score (nSPS) is 13.8. The standard InChI is InChI=1S/C11H13F3OS/c1-8(6-15)7-16-10-5-3-2-4-9(10)11(12,13)14/h2-5,8,15H,6-7H2,1H3. The number of benzene rings is 1. The first kappa shape index (κ1) is 13.4. The van der Waals surface area contributed by atoms with E-state index in [1.54, 1.807) is 13.0 Å². The minimum atomic E-state index is -4.31. The number of hydrogen-bond donors (Lipinski definition) is 1. The van der Waals surface area contributed by atoms with E-state index >= 15 is 0 Å². The molecule has 1 aromatic rings. The lowest BCUT2D eigenvalue weighted by molar-refractivity contribution is -0.139. The van der Waals surface area contributed by atoms with Gasteiger partial charge in [0.1, 0.15) is 0 Å². The SMILES string of the molecule is CC(CO)CSc1ccccc1C(F)(F)F. The van der Waals surface area contributed by atoms with E-state index in [1.807, 2.05) is 0 Å². The van der Waals surface area contributed by atoms with Crippen molar-refractivity contribution in [1.29, 1.82) is 0 Å². The van der Waals surface area contributed by atoms with E-state index in [1.165, 1.54) is 12.1 Å². The summed E-state index contributed by atoms with van der Waals surface area (Å²) in [6.45, 7) is 1.78. The molecule has 1 atom stereocenters. The minimum Gasteiger partial charge on any atom is -0.396 e. The van der Waals surface area contributed by atoms with Gasteiger partial charge >= 0.3 is 6.18 Å². The Morgan fingerprint density at radius 2 is 1.94 bits per heavy atom. The summed E-state index contributed by atoms with van der Waals surface area (Å²) in [5, 5.41) is 8.81. The summed E-state index contributed by atoms with van der Waals surface area (Å²) in [5.74, 6) is 0.468. The lowest BCUT2D eigenvalue weighted by Gasteiger charge is -2.13. The summed E-state index contributed by atoms with van der Waals surface area (Å²) in [6, 6.07) is 5.49. The second-order valence-corrected chi connectivity index (χ2v) is 4.65. The van der Waals surface area contributed by atoms with Gasteiger partial charge in [-0.25, -0.2) is 0 Å². The highest BCUT2D eigenvalue weighted by molar-refractivity contribution is 7.99. The molecule has 1 N–H and O–H groups in total. The quantitative estimate of drug-likeness (QED) is 0.826. The van der Waals surface area contributed by atoms with Crippen LogP contribution in [0.25, 0.3) is 0 Å². The summed E-state index contributed by atoms with van der Waals surface area (Å²) in [5.41, 5.74) is -0.606. The van der Waals surface area contributed by atoms with E-state index in [0.717, 1.165) is 17.8 Å². The van der Waals surface area contributed by atoms with Crippen molar-refractivity contribution in [2.75, 3.05) is 12.4 Å². The maximum atomic E-state index is 12.6. The molecule has 90 valence electrons. The number of halogens is 3. The summed E-state index contributed by atoms with van der Waals surface area (Å²) < 4.78 is 37.8. The molecule has 5 heteroatoms. The molecule has 0 saturated carbocycles. The Balaban J connectivity index is 2.80. The van der Waals surface area contributed by atoms with Crippen LogP contribution in [0.5, 0.6) is 0 Å². The van der Waals surface area contributed by atoms with Gasteiger partial charge in [-0.1, -0.05) is 19.1 Å². The first-order chi connectivity index (χ1) is 7.45. The molecule has 16 heavy (non-hydrogen) atoms. The third-order valence-corrected chi connectivity index (χ3v) is 3.43. The van der Waals surface area contributed by atoms with E-state index in [0.29, 0.717) is 5.75 Å². The molecule has 1 unspecified atom stereocenters. The second kappa shape index (κ2) is 5.59. The molecule has 1 nitrogen and oxygen atoms in total. The summed E-state index contributed by atoms with van der Waals surface area (Å²) >= 11 is 1.13. The van der Waals surface area contributed by atoms with E-state index in [9.17, 15) is 13.2 Å². The highest BCUT2D eigenvalue weighted by Gasteiger charge is 2.33. The van der Waals surface area contributed by atoms with Crippen LogP contribution in [-0.4, -0.2) is 17.5 Å². The zero-order valence-corrected chi connectivity index (χ0v) is 9.61. The minimum absolute atomic E-state index is 0.00807. The largest absolute Gasteiger partial charge is 0.417 e. The zero-order chi connectivity index (χ0) is 12.2. The van der Waals surface area contributed by atoms with Gasteiger partial charge in [0.05, 0.1) is 5.56 Å². The van der Waals surface area contributed by atoms with Gasteiger partial charge in [-0.2, -0.15) is 13.2 Å². The van der Waals surface area contributed by atoms with Crippen LogP contribution in [0.4, 0.5) is 13.2 Å². The Labute approximate surface area is 96.7 Å². The molecule has 0 aromatic heterocycles. The first-order valence-electron chi connectivity index (χ1n) is 4.85.